The van der Waals surface area contributed by atoms with Gasteiger partial charge in [0.1, 0.15) is 6.73 Å². The number of nitrogens with zero attached hydrogens (tertiary/aromatic N) is 3. The van der Waals surface area contributed by atoms with Crippen molar-refractivity contribution in [3.8, 4) is 0 Å². The van der Waals surface area contributed by atoms with Crippen molar-refractivity contribution >= 4 is 21.6 Å². The number of rotatable bonds is 2. The first-order valence-electron chi connectivity index (χ1n) is 6.07. The zero-order valence-electron chi connectivity index (χ0n) is 10.5. The molecule has 2 aromatic rings. The molecule has 1 unspecified atom stereocenters. The summed E-state index contributed by atoms with van der Waals surface area (Å²) in [6, 6.07) is 0. The monoisotopic (exact) mass is 265 g/mol. The van der Waals surface area contributed by atoms with Crippen LogP contribution in [0.25, 0.3) is 10.2 Å². The highest BCUT2D eigenvalue weighted by Gasteiger charge is 2.23. The molecule has 0 N–H and O–H groups in total. The molecule has 0 fully saturated rings. The lowest BCUT2D eigenvalue weighted by Crippen LogP contribution is -2.25. The summed E-state index contributed by atoms with van der Waals surface area (Å²) in [4.78, 5) is 14.4. The first-order chi connectivity index (χ1) is 8.70. The molecular weight excluding hydrogens is 250 g/mol. The third-order valence-corrected chi connectivity index (χ3v) is 4.57. The molecule has 0 spiro atoms. The van der Waals surface area contributed by atoms with Gasteiger partial charge in [0.25, 0.3) is 5.56 Å². The Labute approximate surface area is 108 Å². The SMILES string of the molecule is COCn1nnc2sc3c(c2c1=O)CCC(C)C3. The summed E-state index contributed by atoms with van der Waals surface area (Å²) in [5.41, 5.74) is 1.12. The number of ether oxygens (including phenoxy) is 1. The number of aryl methyl sites for hydroxylation is 1. The van der Waals surface area contributed by atoms with Crippen LogP contribution in [-0.2, 0) is 24.3 Å². The predicted molar refractivity (Wildman–Crippen MR) is 69.9 cm³/mol. The van der Waals surface area contributed by atoms with E-state index in [1.165, 1.54) is 15.1 Å². The molecular formula is C12H15N3O2S. The van der Waals surface area contributed by atoms with E-state index in [0.717, 1.165) is 29.5 Å². The van der Waals surface area contributed by atoms with E-state index in [0.29, 0.717) is 5.92 Å². The van der Waals surface area contributed by atoms with Crippen LogP contribution in [0.1, 0.15) is 23.8 Å². The van der Waals surface area contributed by atoms with Crippen LogP contribution in [0.2, 0.25) is 0 Å². The largest absolute Gasteiger partial charge is 0.362 e. The van der Waals surface area contributed by atoms with Gasteiger partial charge in [-0.05, 0) is 30.7 Å². The molecule has 1 atom stereocenters. The minimum atomic E-state index is -0.0751. The van der Waals surface area contributed by atoms with E-state index in [9.17, 15) is 4.79 Å². The van der Waals surface area contributed by atoms with Gasteiger partial charge in [-0.3, -0.25) is 4.79 Å². The van der Waals surface area contributed by atoms with Crippen LogP contribution in [-0.4, -0.2) is 22.1 Å². The molecule has 0 aromatic carbocycles. The highest BCUT2D eigenvalue weighted by atomic mass is 32.1. The summed E-state index contributed by atoms with van der Waals surface area (Å²) >= 11 is 1.62. The Bertz CT molecular complexity index is 647. The second-order valence-electron chi connectivity index (χ2n) is 4.84. The van der Waals surface area contributed by atoms with Gasteiger partial charge >= 0.3 is 0 Å². The highest BCUT2D eigenvalue weighted by molar-refractivity contribution is 7.18. The van der Waals surface area contributed by atoms with Crippen LogP contribution in [0.4, 0.5) is 0 Å². The lowest BCUT2D eigenvalue weighted by Gasteiger charge is -2.17. The quantitative estimate of drug-likeness (QED) is 0.827. The molecule has 5 nitrogen and oxygen atoms in total. The zero-order valence-corrected chi connectivity index (χ0v) is 11.3. The van der Waals surface area contributed by atoms with Crippen molar-refractivity contribution in [2.75, 3.05) is 7.11 Å². The summed E-state index contributed by atoms with van der Waals surface area (Å²) < 4.78 is 6.24. The maximum absolute atomic E-state index is 12.3. The summed E-state index contributed by atoms with van der Waals surface area (Å²) in [5.74, 6) is 0.694. The van der Waals surface area contributed by atoms with Gasteiger partial charge in [0.15, 0.2) is 4.83 Å². The molecule has 2 heterocycles. The van der Waals surface area contributed by atoms with Gasteiger partial charge in [0, 0.05) is 12.0 Å². The molecule has 0 saturated carbocycles. The lowest BCUT2D eigenvalue weighted by atomic mass is 9.89. The topological polar surface area (TPSA) is 57.0 Å². The van der Waals surface area contributed by atoms with Crippen molar-refractivity contribution in [1.29, 1.82) is 0 Å². The van der Waals surface area contributed by atoms with E-state index in [-0.39, 0.29) is 12.3 Å². The van der Waals surface area contributed by atoms with Crippen molar-refractivity contribution in [2.45, 2.75) is 32.9 Å². The van der Waals surface area contributed by atoms with Gasteiger partial charge in [0.05, 0.1) is 5.39 Å². The molecule has 0 bridgehead atoms. The number of aromatic nitrogens is 3. The van der Waals surface area contributed by atoms with Crippen LogP contribution in [0, 0.1) is 5.92 Å². The maximum atomic E-state index is 12.3. The van der Waals surface area contributed by atoms with E-state index in [4.69, 9.17) is 4.74 Å². The molecule has 3 rings (SSSR count). The van der Waals surface area contributed by atoms with Crippen molar-refractivity contribution in [1.82, 2.24) is 15.0 Å². The van der Waals surface area contributed by atoms with Crippen LogP contribution < -0.4 is 5.56 Å². The normalized spacial score (nSPS) is 19.1. The minimum Gasteiger partial charge on any atom is -0.362 e. The van der Waals surface area contributed by atoms with E-state index < -0.39 is 0 Å². The average Bonchev–Trinajstić information content (AvgIpc) is 2.71. The van der Waals surface area contributed by atoms with Crippen molar-refractivity contribution < 1.29 is 4.74 Å². The summed E-state index contributed by atoms with van der Waals surface area (Å²) in [6.45, 7) is 2.41. The van der Waals surface area contributed by atoms with Gasteiger partial charge in [0.2, 0.25) is 0 Å². The lowest BCUT2D eigenvalue weighted by molar-refractivity contribution is 0.114. The van der Waals surface area contributed by atoms with Gasteiger partial charge in [-0.25, -0.2) is 0 Å². The average molecular weight is 265 g/mol. The maximum Gasteiger partial charge on any atom is 0.280 e. The van der Waals surface area contributed by atoms with Crippen LogP contribution in [0.5, 0.6) is 0 Å². The molecule has 18 heavy (non-hydrogen) atoms. The molecule has 1 aliphatic rings. The first-order valence-corrected chi connectivity index (χ1v) is 6.89. The molecule has 0 saturated heterocycles. The first kappa shape index (κ1) is 11.8. The Kier molecular flexibility index (Phi) is 2.91. The second kappa shape index (κ2) is 4.44. The molecule has 0 aliphatic heterocycles. The summed E-state index contributed by atoms with van der Waals surface area (Å²) in [7, 11) is 1.54. The fourth-order valence-electron chi connectivity index (χ4n) is 2.50. The zero-order chi connectivity index (χ0) is 12.7. The minimum absolute atomic E-state index is 0.0751. The van der Waals surface area contributed by atoms with Crippen molar-refractivity contribution in [3.05, 3.63) is 20.8 Å². The Morgan fingerprint density at radius 2 is 2.39 bits per heavy atom. The van der Waals surface area contributed by atoms with Gasteiger partial charge in [-0.1, -0.05) is 12.1 Å². The van der Waals surface area contributed by atoms with E-state index in [2.05, 4.69) is 17.2 Å². The predicted octanol–water partition coefficient (Wildman–Crippen LogP) is 1.58. The van der Waals surface area contributed by atoms with Gasteiger partial charge in [-0.15, -0.1) is 16.4 Å². The number of hydrogen-bond donors (Lipinski definition) is 0. The molecule has 0 amide bonds. The van der Waals surface area contributed by atoms with Crippen molar-refractivity contribution in [2.24, 2.45) is 5.92 Å². The second-order valence-corrected chi connectivity index (χ2v) is 5.93. The summed E-state index contributed by atoms with van der Waals surface area (Å²) in [5, 5.41) is 8.80. The molecule has 6 heteroatoms. The number of methoxy groups -OCH3 is 1. The fraction of sp³-hybridized carbons (Fsp3) is 0.583. The van der Waals surface area contributed by atoms with Crippen LogP contribution in [0.3, 0.4) is 0 Å². The Morgan fingerprint density at radius 3 is 3.17 bits per heavy atom. The Balaban J connectivity index is 2.22. The number of fused-ring (bicyclic) bond motifs is 3. The molecule has 96 valence electrons. The number of thiophene rings is 1. The van der Waals surface area contributed by atoms with Crippen LogP contribution in [0.15, 0.2) is 4.79 Å². The number of hydrogen-bond acceptors (Lipinski definition) is 5. The van der Waals surface area contributed by atoms with Gasteiger partial charge < -0.3 is 4.74 Å². The third-order valence-electron chi connectivity index (χ3n) is 3.44. The van der Waals surface area contributed by atoms with Crippen molar-refractivity contribution in [3.63, 3.8) is 0 Å². The third kappa shape index (κ3) is 1.76. The summed E-state index contributed by atoms with van der Waals surface area (Å²) in [6.07, 6.45) is 3.18. The van der Waals surface area contributed by atoms with Crippen LogP contribution >= 0.6 is 11.3 Å². The Morgan fingerprint density at radius 1 is 1.56 bits per heavy atom. The molecule has 0 radical (unpaired) electrons. The highest BCUT2D eigenvalue weighted by Crippen LogP contribution is 2.35. The van der Waals surface area contributed by atoms with E-state index in [1.807, 2.05) is 0 Å². The fourth-order valence-corrected chi connectivity index (χ4v) is 3.82. The van der Waals surface area contributed by atoms with Gasteiger partial charge in [-0.2, -0.15) is 4.68 Å². The van der Waals surface area contributed by atoms with E-state index in [1.54, 1.807) is 18.4 Å². The van der Waals surface area contributed by atoms with E-state index >= 15 is 0 Å². The smallest absolute Gasteiger partial charge is 0.280 e. The standard InChI is InChI=1S/C12H15N3O2S/c1-7-3-4-8-9(5-7)18-11-10(8)12(16)15(6-17-2)14-13-11/h7H,3-6H2,1-2H3. The molecule has 1 aliphatic carbocycles. The Hall–Kier alpha value is -1.27. The molecule has 2 aromatic heterocycles.